The topological polar surface area (TPSA) is 3.24 Å². The molecule has 1 fully saturated rings. The summed E-state index contributed by atoms with van der Waals surface area (Å²) in [6.07, 6.45) is 31.5. The molecule has 1 heteroatoms. The van der Waals surface area contributed by atoms with Gasteiger partial charge in [0.05, 0.1) is 5.54 Å². The lowest BCUT2D eigenvalue weighted by atomic mass is 9.98. The molecule has 4 aliphatic rings. The molecular weight excluding hydrogens is 615 g/mol. The maximum absolute atomic E-state index is 2.57. The fourth-order valence-electron chi connectivity index (χ4n) is 7.02. The molecular formula is C50H61N. The zero-order valence-corrected chi connectivity index (χ0v) is 32.5. The van der Waals surface area contributed by atoms with Crippen molar-refractivity contribution in [2.24, 2.45) is 5.92 Å². The Labute approximate surface area is 310 Å². The fourth-order valence-corrected chi connectivity index (χ4v) is 7.02. The molecule has 0 aliphatic heterocycles. The molecule has 7 rings (SSSR count). The van der Waals surface area contributed by atoms with E-state index in [4.69, 9.17) is 0 Å². The van der Waals surface area contributed by atoms with Crippen LogP contribution in [-0.2, 0) is 6.42 Å². The molecule has 1 nitrogen and oxygen atoms in total. The first-order valence-electron chi connectivity index (χ1n) is 19.5. The van der Waals surface area contributed by atoms with Crippen LogP contribution in [0.1, 0.15) is 104 Å². The van der Waals surface area contributed by atoms with E-state index in [9.17, 15) is 0 Å². The zero-order chi connectivity index (χ0) is 36.2. The molecule has 0 bridgehead atoms. The second-order valence-electron chi connectivity index (χ2n) is 15.1. The lowest BCUT2D eigenvalue weighted by Crippen LogP contribution is -2.33. The van der Waals surface area contributed by atoms with Gasteiger partial charge in [-0.3, -0.25) is 0 Å². The summed E-state index contributed by atoms with van der Waals surface area (Å²) in [5.41, 5.74) is 15.1. The third-order valence-electron chi connectivity index (χ3n) is 10.6. The van der Waals surface area contributed by atoms with Crippen LogP contribution in [0.15, 0.2) is 155 Å². The Morgan fingerprint density at radius 1 is 0.627 bits per heavy atom. The Bertz CT molecular complexity index is 1800. The number of aryl methyl sites for hydroxylation is 1. The van der Waals surface area contributed by atoms with E-state index in [0.717, 1.165) is 19.3 Å². The Hall–Kier alpha value is -4.36. The van der Waals surface area contributed by atoms with Crippen molar-refractivity contribution in [3.63, 3.8) is 0 Å². The Kier molecular flexibility index (Phi) is 13.5. The number of hydrogen-bond donors (Lipinski definition) is 0. The van der Waals surface area contributed by atoms with Gasteiger partial charge in [0.25, 0.3) is 0 Å². The third-order valence-corrected chi connectivity index (χ3v) is 10.6. The normalized spacial score (nSPS) is 20.3. The summed E-state index contributed by atoms with van der Waals surface area (Å²) in [5, 5.41) is 0. The second-order valence-corrected chi connectivity index (χ2v) is 15.1. The molecule has 0 aromatic heterocycles. The minimum atomic E-state index is 0.0328. The fraction of sp³-hybridized carbons (Fsp3) is 0.360. The average Bonchev–Trinajstić information content (AvgIpc) is 3.90. The predicted molar refractivity (Wildman–Crippen MR) is 225 cm³/mol. The lowest BCUT2D eigenvalue weighted by Gasteiger charge is -2.33. The van der Waals surface area contributed by atoms with Gasteiger partial charge in [0, 0.05) is 17.3 Å². The van der Waals surface area contributed by atoms with Gasteiger partial charge in [-0.25, -0.2) is 0 Å². The first kappa shape index (κ1) is 37.9. The standard InChI is InChI=1S/C37H37N.C9H14.C4H10/c1-27-6-4-8-30(12-9-27)25-31-13-15-32(16-14-31)33-17-21-36(22-18-33)38(35-19-10-28(2)11-20-35)37-23-5-7-29(3)24-34(37)26-37;1-3-9-6-4-8(2)5-7-9;1-3-4-2/h4-5,8-24,34H,6-7,25-26H2,1-3H3;4,6H,3,5,7H2,1-2H3;3-4H2,1-2H3. The van der Waals surface area contributed by atoms with Crippen molar-refractivity contribution in [3.05, 3.63) is 166 Å². The SMILES string of the molecule is CC1=CC=C(Cc2ccc(-c3ccc(N(c4ccc(C)cc4)C45C=CCC(C)=CC4C5)cc3)cc2)C=CC1.CCC1=CC=C(C)CC1.CCCC. The molecule has 4 aliphatic carbocycles. The average molecular weight is 676 g/mol. The second kappa shape index (κ2) is 18.2. The Morgan fingerprint density at radius 3 is 1.84 bits per heavy atom. The number of hydrogen-bond acceptors (Lipinski definition) is 1. The largest absolute Gasteiger partial charge is 0.331 e. The maximum Gasteiger partial charge on any atom is 0.0703 e. The van der Waals surface area contributed by atoms with E-state index in [1.807, 2.05) is 0 Å². The summed E-state index contributed by atoms with van der Waals surface area (Å²) in [7, 11) is 0. The monoisotopic (exact) mass is 675 g/mol. The van der Waals surface area contributed by atoms with Crippen molar-refractivity contribution in [1.29, 1.82) is 0 Å². The van der Waals surface area contributed by atoms with Crippen LogP contribution < -0.4 is 4.90 Å². The number of allylic oxidation sites excluding steroid dienone is 12. The quantitative estimate of drug-likeness (QED) is 0.215. The van der Waals surface area contributed by atoms with E-state index >= 15 is 0 Å². The molecule has 3 aromatic carbocycles. The van der Waals surface area contributed by atoms with E-state index in [0.29, 0.717) is 5.92 Å². The van der Waals surface area contributed by atoms with Crippen molar-refractivity contribution < 1.29 is 0 Å². The molecule has 2 unspecified atom stereocenters. The van der Waals surface area contributed by atoms with Gasteiger partial charge in [-0.15, -0.1) is 0 Å². The van der Waals surface area contributed by atoms with Crippen molar-refractivity contribution in [3.8, 4) is 11.1 Å². The van der Waals surface area contributed by atoms with E-state index in [1.165, 1.54) is 94.4 Å². The highest BCUT2D eigenvalue weighted by atomic mass is 15.2. The van der Waals surface area contributed by atoms with E-state index < -0.39 is 0 Å². The highest BCUT2D eigenvalue weighted by Gasteiger charge is 2.56. The number of nitrogens with zero attached hydrogens (tertiary/aromatic N) is 1. The molecule has 3 aromatic rings. The zero-order valence-electron chi connectivity index (χ0n) is 32.5. The van der Waals surface area contributed by atoms with Gasteiger partial charge >= 0.3 is 0 Å². The van der Waals surface area contributed by atoms with Gasteiger partial charge in [0.15, 0.2) is 0 Å². The number of rotatable bonds is 8. The maximum atomic E-state index is 2.57. The minimum absolute atomic E-state index is 0.0328. The molecule has 0 spiro atoms. The van der Waals surface area contributed by atoms with E-state index in [2.05, 4.69) is 181 Å². The van der Waals surface area contributed by atoms with Crippen molar-refractivity contribution in [2.75, 3.05) is 4.90 Å². The van der Waals surface area contributed by atoms with Crippen LogP contribution in [0.4, 0.5) is 11.4 Å². The summed E-state index contributed by atoms with van der Waals surface area (Å²) < 4.78 is 0. The summed E-state index contributed by atoms with van der Waals surface area (Å²) in [6, 6.07) is 27.3. The van der Waals surface area contributed by atoms with Crippen LogP contribution in [-0.4, -0.2) is 5.54 Å². The summed E-state index contributed by atoms with van der Waals surface area (Å²) in [5.74, 6) is 0.563. The van der Waals surface area contributed by atoms with Crippen molar-refractivity contribution in [2.45, 2.75) is 112 Å². The van der Waals surface area contributed by atoms with Crippen LogP contribution in [0.3, 0.4) is 0 Å². The van der Waals surface area contributed by atoms with Crippen LogP contribution in [0, 0.1) is 12.8 Å². The molecule has 0 amide bonds. The molecule has 0 radical (unpaired) electrons. The molecule has 0 heterocycles. The molecule has 1 saturated carbocycles. The summed E-state index contributed by atoms with van der Waals surface area (Å²) >= 11 is 0. The first-order chi connectivity index (χ1) is 24.7. The molecule has 2 atom stereocenters. The van der Waals surface area contributed by atoms with Crippen molar-refractivity contribution >= 4 is 11.4 Å². The number of benzene rings is 3. The Balaban J connectivity index is 0.000000329. The van der Waals surface area contributed by atoms with Gasteiger partial charge < -0.3 is 4.90 Å². The highest BCUT2D eigenvalue weighted by molar-refractivity contribution is 5.74. The van der Waals surface area contributed by atoms with Crippen molar-refractivity contribution in [1.82, 2.24) is 0 Å². The molecule has 51 heavy (non-hydrogen) atoms. The van der Waals surface area contributed by atoms with Crippen LogP contribution in [0.25, 0.3) is 11.1 Å². The van der Waals surface area contributed by atoms with Crippen LogP contribution >= 0.6 is 0 Å². The minimum Gasteiger partial charge on any atom is -0.331 e. The van der Waals surface area contributed by atoms with Gasteiger partial charge in [0.1, 0.15) is 0 Å². The number of fused-ring (bicyclic) bond motifs is 1. The third kappa shape index (κ3) is 10.4. The highest BCUT2D eigenvalue weighted by Crippen LogP contribution is 2.56. The van der Waals surface area contributed by atoms with Crippen LogP contribution in [0.5, 0.6) is 0 Å². The van der Waals surface area contributed by atoms with Crippen LogP contribution in [0.2, 0.25) is 0 Å². The van der Waals surface area contributed by atoms with Gasteiger partial charge in [-0.05, 0) is 119 Å². The summed E-state index contributed by atoms with van der Waals surface area (Å²) in [4.78, 5) is 2.57. The smallest absolute Gasteiger partial charge is 0.0703 e. The summed E-state index contributed by atoms with van der Waals surface area (Å²) in [6.45, 7) is 15.4. The van der Waals surface area contributed by atoms with Gasteiger partial charge in [-0.1, -0.05) is 165 Å². The molecule has 266 valence electrons. The number of unbranched alkanes of at least 4 members (excludes halogenated alkanes) is 1. The predicted octanol–water partition coefficient (Wildman–Crippen LogP) is 14.7. The first-order valence-corrected chi connectivity index (χ1v) is 19.5. The van der Waals surface area contributed by atoms with Gasteiger partial charge in [-0.2, -0.15) is 0 Å². The molecule has 0 saturated heterocycles. The molecule has 0 N–H and O–H groups in total. The van der Waals surface area contributed by atoms with E-state index in [-0.39, 0.29) is 5.54 Å². The van der Waals surface area contributed by atoms with E-state index in [1.54, 1.807) is 5.57 Å². The van der Waals surface area contributed by atoms with Gasteiger partial charge in [0.2, 0.25) is 0 Å². The number of anilines is 2. The lowest BCUT2D eigenvalue weighted by molar-refractivity contribution is 0.759. The Morgan fingerprint density at radius 2 is 1.24 bits per heavy atom.